The lowest BCUT2D eigenvalue weighted by molar-refractivity contribution is -0.132. The quantitative estimate of drug-likeness (QED) is 0.750. The van der Waals surface area contributed by atoms with E-state index in [4.69, 9.17) is 0 Å². The molecule has 1 rings (SSSR count). The second-order valence-corrected chi connectivity index (χ2v) is 5.86. The summed E-state index contributed by atoms with van der Waals surface area (Å²) in [4.78, 5) is 12.3. The molecule has 3 nitrogen and oxygen atoms in total. The van der Waals surface area contributed by atoms with Crippen LogP contribution in [0.1, 0.15) is 59.3 Å². The Morgan fingerprint density at radius 3 is 2.41 bits per heavy atom. The van der Waals surface area contributed by atoms with Crippen molar-refractivity contribution in [1.82, 2.24) is 5.32 Å². The lowest BCUT2D eigenvalue weighted by atomic mass is 9.77. The third-order valence-electron chi connectivity index (χ3n) is 3.81. The van der Waals surface area contributed by atoms with Gasteiger partial charge in [0, 0.05) is 12.0 Å². The smallest absolute Gasteiger partial charge is 0.226 e. The summed E-state index contributed by atoms with van der Waals surface area (Å²) in [5, 5.41) is 12.4. The number of carbonyl (C=O) groups excluding carboxylic acids is 1. The zero-order chi connectivity index (χ0) is 12.9. The molecule has 0 aliphatic heterocycles. The summed E-state index contributed by atoms with van der Waals surface area (Å²) in [6.45, 7) is 6.67. The third kappa shape index (κ3) is 3.98. The molecule has 0 saturated heterocycles. The maximum absolute atomic E-state index is 12.3. The van der Waals surface area contributed by atoms with Crippen molar-refractivity contribution in [2.75, 3.05) is 6.54 Å². The maximum Gasteiger partial charge on any atom is 0.226 e. The summed E-state index contributed by atoms with van der Waals surface area (Å²) in [5.74, 6) is 0.714. The standard InChI is InChI=1S/C14H27NO2/c1-4-12(16)10-15-13(17)14(9-11(2)3)7-5-6-8-14/h11-12,16H,4-10H2,1-3H3,(H,15,17). The van der Waals surface area contributed by atoms with Crippen molar-refractivity contribution < 1.29 is 9.90 Å². The van der Waals surface area contributed by atoms with Gasteiger partial charge in [-0.05, 0) is 31.6 Å². The van der Waals surface area contributed by atoms with Gasteiger partial charge in [0.2, 0.25) is 5.91 Å². The molecule has 1 aliphatic rings. The number of aliphatic hydroxyl groups excluding tert-OH is 1. The Morgan fingerprint density at radius 2 is 1.94 bits per heavy atom. The SMILES string of the molecule is CCC(O)CNC(=O)C1(CC(C)C)CCCC1. The Balaban J connectivity index is 2.55. The number of aliphatic hydroxyl groups is 1. The van der Waals surface area contributed by atoms with Crippen molar-refractivity contribution in [3.63, 3.8) is 0 Å². The molecule has 100 valence electrons. The van der Waals surface area contributed by atoms with Crippen molar-refractivity contribution in [2.45, 2.75) is 65.4 Å². The van der Waals surface area contributed by atoms with E-state index in [1.807, 2.05) is 6.92 Å². The molecular formula is C14H27NO2. The normalized spacial score (nSPS) is 20.5. The Morgan fingerprint density at radius 1 is 1.35 bits per heavy atom. The van der Waals surface area contributed by atoms with Crippen molar-refractivity contribution >= 4 is 5.91 Å². The minimum Gasteiger partial charge on any atom is -0.391 e. The average Bonchev–Trinajstić information content (AvgIpc) is 2.74. The first-order valence-electron chi connectivity index (χ1n) is 6.96. The fraction of sp³-hybridized carbons (Fsp3) is 0.929. The van der Waals surface area contributed by atoms with E-state index in [2.05, 4.69) is 19.2 Å². The van der Waals surface area contributed by atoms with Crippen LogP contribution in [0.4, 0.5) is 0 Å². The van der Waals surface area contributed by atoms with Gasteiger partial charge < -0.3 is 10.4 Å². The second kappa shape index (κ2) is 6.39. The molecule has 2 N–H and O–H groups in total. The Kier molecular flexibility index (Phi) is 5.44. The fourth-order valence-corrected chi connectivity index (χ4v) is 2.90. The maximum atomic E-state index is 12.3. The molecule has 1 unspecified atom stereocenters. The average molecular weight is 241 g/mol. The number of hydrogen-bond donors (Lipinski definition) is 2. The molecular weight excluding hydrogens is 214 g/mol. The van der Waals surface area contributed by atoms with E-state index in [0.29, 0.717) is 18.9 Å². The first-order valence-corrected chi connectivity index (χ1v) is 6.96. The fourth-order valence-electron chi connectivity index (χ4n) is 2.90. The zero-order valence-electron chi connectivity index (χ0n) is 11.5. The number of carbonyl (C=O) groups is 1. The van der Waals surface area contributed by atoms with Gasteiger partial charge in [-0.1, -0.05) is 33.6 Å². The zero-order valence-corrected chi connectivity index (χ0v) is 11.5. The monoisotopic (exact) mass is 241 g/mol. The summed E-state index contributed by atoms with van der Waals surface area (Å²) < 4.78 is 0. The van der Waals surface area contributed by atoms with E-state index in [-0.39, 0.29) is 11.3 Å². The molecule has 0 aromatic heterocycles. The minimum absolute atomic E-state index is 0.151. The van der Waals surface area contributed by atoms with Crippen LogP contribution in [0.25, 0.3) is 0 Å². The van der Waals surface area contributed by atoms with Gasteiger partial charge in [-0.2, -0.15) is 0 Å². The topological polar surface area (TPSA) is 49.3 Å². The van der Waals surface area contributed by atoms with E-state index in [9.17, 15) is 9.90 Å². The predicted octanol–water partition coefficient (Wildman–Crippen LogP) is 2.48. The molecule has 0 aromatic rings. The summed E-state index contributed by atoms with van der Waals surface area (Å²) in [6, 6.07) is 0. The number of amides is 1. The van der Waals surface area contributed by atoms with Gasteiger partial charge in [0.1, 0.15) is 0 Å². The van der Waals surface area contributed by atoms with Crippen LogP contribution < -0.4 is 5.32 Å². The van der Waals surface area contributed by atoms with Crippen LogP contribution in [0.5, 0.6) is 0 Å². The van der Waals surface area contributed by atoms with Gasteiger partial charge >= 0.3 is 0 Å². The molecule has 1 saturated carbocycles. The molecule has 0 aromatic carbocycles. The highest BCUT2D eigenvalue weighted by molar-refractivity contribution is 5.82. The molecule has 17 heavy (non-hydrogen) atoms. The Labute approximate surface area is 105 Å². The van der Waals surface area contributed by atoms with E-state index >= 15 is 0 Å². The first kappa shape index (κ1) is 14.5. The van der Waals surface area contributed by atoms with E-state index in [1.54, 1.807) is 0 Å². The van der Waals surface area contributed by atoms with Crippen LogP contribution in [0.2, 0.25) is 0 Å². The van der Waals surface area contributed by atoms with Crippen molar-refractivity contribution in [3.8, 4) is 0 Å². The highest BCUT2D eigenvalue weighted by Crippen LogP contribution is 2.43. The van der Waals surface area contributed by atoms with Gasteiger partial charge in [-0.15, -0.1) is 0 Å². The molecule has 1 amide bonds. The van der Waals surface area contributed by atoms with Crippen LogP contribution in [0.3, 0.4) is 0 Å². The van der Waals surface area contributed by atoms with Crippen LogP contribution in [-0.2, 0) is 4.79 Å². The van der Waals surface area contributed by atoms with E-state index in [0.717, 1.165) is 32.1 Å². The van der Waals surface area contributed by atoms with Gasteiger partial charge in [-0.3, -0.25) is 4.79 Å². The summed E-state index contributed by atoms with van der Waals surface area (Å²) in [6.07, 6.45) is 5.61. The third-order valence-corrected chi connectivity index (χ3v) is 3.81. The van der Waals surface area contributed by atoms with Crippen molar-refractivity contribution in [3.05, 3.63) is 0 Å². The predicted molar refractivity (Wildman–Crippen MR) is 69.7 cm³/mol. The highest BCUT2D eigenvalue weighted by Gasteiger charge is 2.41. The molecule has 0 radical (unpaired) electrons. The van der Waals surface area contributed by atoms with Gasteiger partial charge in [0.05, 0.1) is 6.10 Å². The van der Waals surface area contributed by atoms with E-state index < -0.39 is 6.10 Å². The summed E-state index contributed by atoms with van der Waals surface area (Å²) in [7, 11) is 0. The molecule has 0 heterocycles. The van der Waals surface area contributed by atoms with Crippen LogP contribution >= 0.6 is 0 Å². The molecule has 1 aliphatic carbocycles. The van der Waals surface area contributed by atoms with Crippen molar-refractivity contribution in [1.29, 1.82) is 0 Å². The highest BCUT2D eigenvalue weighted by atomic mass is 16.3. The van der Waals surface area contributed by atoms with Gasteiger partial charge in [-0.25, -0.2) is 0 Å². The largest absolute Gasteiger partial charge is 0.391 e. The Bertz CT molecular complexity index is 245. The van der Waals surface area contributed by atoms with Gasteiger partial charge in [0.25, 0.3) is 0 Å². The summed E-state index contributed by atoms with van der Waals surface area (Å²) >= 11 is 0. The minimum atomic E-state index is -0.406. The summed E-state index contributed by atoms with van der Waals surface area (Å²) in [5.41, 5.74) is -0.151. The van der Waals surface area contributed by atoms with Crippen molar-refractivity contribution in [2.24, 2.45) is 11.3 Å². The molecule has 1 fully saturated rings. The number of nitrogens with one attached hydrogen (secondary N) is 1. The molecule has 3 heteroatoms. The van der Waals surface area contributed by atoms with Gasteiger partial charge in [0.15, 0.2) is 0 Å². The molecule has 1 atom stereocenters. The van der Waals surface area contributed by atoms with Crippen LogP contribution in [0.15, 0.2) is 0 Å². The van der Waals surface area contributed by atoms with E-state index in [1.165, 1.54) is 0 Å². The molecule has 0 spiro atoms. The Hall–Kier alpha value is -0.570. The molecule has 0 bridgehead atoms. The first-order chi connectivity index (χ1) is 8.00. The van der Waals surface area contributed by atoms with Crippen LogP contribution in [-0.4, -0.2) is 23.7 Å². The second-order valence-electron chi connectivity index (χ2n) is 5.86. The van der Waals surface area contributed by atoms with Crippen LogP contribution in [0, 0.1) is 11.3 Å². The number of hydrogen-bond acceptors (Lipinski definition) is 2. The lowest BCUT2D eigenvalue weighted by Gasteiger charge is -2.30. The lowest BCUT2D eigenvalue weighted by Crippen LogP contribution is -2.43. The number of rotatable bonds is 6.